The Kier molecular flexibility index (Phi) is 3.30. The molecule has 0 unspecified atom stereocenters. The third kappa shape index (κ3) is 2.28. The molecule has 0 N–H and O–H groups in total. The molecule has 0 heterocycles. The average molecular weight is 332 g/mol. The molecule has 0 aliphatic rings. The second-order valence-corrected chi connectivity index (χ2v) is 6.45. The lowest BCUT2D eigenvalue weighted by Gasteiger charge is -2.11. The second-order valence-electron chi connectivity index (χ2n) is 6.45. The third-order valence-electron chi connectivity index (χ3n) is 4.96. The van der Waals surface area contributed by atoms with E-state index in [0.717, 1.165) is 16.9 Å². The summed E-state index contributed by atoms with van der Waals surface area (Å²) in [6.45, 7) is 0. The van der Waals surface area contributed by atoms with Crippen molar-refractivity contribution < 1.29 is 4.74 Å². The van der Waals surface area contributed by atoms with Crippen molar-refractivity contribution in [1.82, 2.24) is 0 Å². The average Bonchev–Trinajstić information content (AvgIpc) is 2.71. The summed E-state index contributed by atoms with van der Waals surface area (Å²) in [5, 5.41) is 7.67. The third-order valence-corrected chi connectivity index (χ3v) is 4.96. The molecule has 0 saturated carbocycles. The van der Waals surface area contributed by atoms with Crippen molar-refractivity contribution in [2.45, 2.75) is 0 Å². The first-order valence-electron chi connectivity index (χ1n) is 8.66. The van der Waals surface area contributed by atoms with Gasteiger partial charge in [0.2, 0.25) is 0 Å². The lowest BCUT2D eigenvalue weighted by molar-refractivity contribution is 0.415. The number of methoxy groups -OCH3 is 1. The van der Waals surface area contributed by atoms with Gasteiger partial charge in [-0.1, -0.05) is 60.4 Å². The van der Waals surface area contributed by atoms with Crippen LogP contribution >= 0.6 is 0 Å². The van der Waals surface area contributed by atoms with Crippen LogP contribution < -0.4 is 4.74 Å². The molecule has 26 heavy (non-hydrogen) atoms. The summed E-state index contributed by atoms with van der Waals surface area (Å²) < 4.78 is 5.21. The van der Waals surface area contributed by atoms with E-state index in [1.807, 2.05) is 24.3 Å². The monoisotopic (exact) mass is 332 g/mol. The standard InChI is InChI=1S/C25H16O/c1-26-22-14-6-17(7-15-22)5-8-18-9-10-21-12-11-19-3-2-4-20-13-16-23(18)25(21)24(19)20/h2-4,6-7,9-16H,1H3. The Morgan fingerprint density at radius 1 is 0.615 bits per heavy atom. The predicted octanol–water partition coefficient (Wildman–Crippen LogP) is 5.99. The van der Waals surface area contributed by atoms with Gasteiger partial charge in [-0.25, -0.2) is 0 Å². The molecule has 0 aromatic heterocycles. The maximum absolute atomic E-state index is 5.21. The zero-order valence-electron chi connectivity index (χ0n) is 14.4. The van der Waals surface area contributed by atoms with Crippen LogP contribution in [0.2, 0.25) is 0 Å². The van der Waals surface area contributed by atoms with Gasteiger partial charge in [0, 0.05) is 11.1 Å². The normalized spacial score (nSPS) is 11.0. The van der Waals surface area contributed by atoms with Crippen molar-refractivity contribution in [3.8, 4) is 17.6 Å². The van der Waals surface area contributed by atoms with Crippen molar-refractivity contribution in [3.05, 3.63) is 90.0 Å². The van der Waals surface area contributed by atoms with Gasteiger partial charge >= 0.3 is 0 Å². The van der Waals surface area contributed by atoms with E-state index in [0.29, 0.717) is 0 Å². The first-order chi connectivity index (χ1) is 12.8. The molecule has 0 amide bonds. The highest BCUT2D eigenvalue weighted by Gasteiger charge is 2.09. The molecular weight excluding hydrogens is 316 g/mol. The zero-order chi connectivity index (χ0) is 17.5. The lowest BCUT2D eigenvalue weighted by atomic mass is 9.92. The highest BCUT2D eigenvalue weighted by molar-refractivity contribution is 6.23. The fourth-order valence-electron chi connectivity index (χ4n) is 3.66. The van der Waals surface area contributed by atoms with E-state index in [1.54, 1.807) is 7.11 Å². The van der Waals surface area contributed by atoms with Crippen LogP contribution in [-0.2, 0) is 0 Å². The summed E-state index contributed by atoms with van der Waals surface area (Å²) >= 11 is 0. The van der Waals surface area contributed by atoms with Crippen molar-refractivity contribution in [3.63, 3.8) is 0 Å². The predicted molar refractivity (Wildman–Crippen MR) is 109 cm³/mol. The Bertz CT molecular complexity index is 1290. The van der Waals surface area contributed by atoms with Crippen LogP contribution in [0, 0.1) is 11.8 Å². The smallest absolute Gasteiger partial charge is 0.118 e. The lowest BCUT2D eigenvalue weighted by Crippen LogP contribution is -1.87. The van der Waals surface area contributed by atoms with Gasteiger partial charge in [-0.3, -0.25) is 0 Å². The maximum atomic E-state index is 5.21. The minimum Gasteiger partial charge on any atom is -0.497 e. The molecule has 0 aliphatic heterocycles. The van der Waals surface area contributed by atoms with E-state index < -0.39 is 0 Å². The molecule has 0 radical (unpaired) electrons. The van der Waals surface area contributed by atoms with Crippen LogP contribution in [0.1, 0.15) is 11.1 Å². The summed E-state index contributed by atoms with van der Waals surface area (Å²) in [5.74, 6) is 7.49. The van der Waals surface area contributed by atoms with Crippen molar-refractivity contribution in [2.75, 3.05) is 7.11 Å². The Hall–Kier alpha value is -3.50. The Balaban J connectivity index is 1.72. The van der Waals surface area contributed by atoms with E-state index in [2.05, 4.69) is 66.4 Å². The van der Waals surface area contributed by atoms with Gasteiger partial charge in [0.05, 0.1) is 7.11 Å². The maximum Gasteiger partial charge on any atom is 0.118 e. The van der Waals surface area contributed by atoms with Gasteiger partial charge in [-0.15, -0.1) is 0 Å². The fourth-order valence-corrected chi connectivity index (χ4v) is 3.66. The molecule has 5 rings (SSSR count). The van der Waals surface area contributed by atoms with E-state index in [4.69, 9.17) is 4.74 Å². The van der Waals surface area contributed by atoms with Crippen LogP contribution in [-0.4, -0.2) is 7.11 Å². The van der Waals surface area contributed by atoms with Crippen LogP contribution in [0.4, 0.5) is 0 Å². The molecule has 122 valence electrons. The van der Waals surface area contributed by atoms with Crippen molar-refractivity contribution >= 4 is 32.3 Å². The van der Waals surface area contributed by atoms with Crippen LogP contribution in [0.3, 0.4) is 0 Å². The summed E-state index contributed by atoms with van der Waals surface area (Å²) in [7, 11) is 1.67. The highest BCUT2D eigenvalue weighted by Crippen LogP contribution is 2.35. The van der Waals surface area contributed by atoms with Crippen molar-refractivity contribution in [2.24, 2.45) is 0 Å². The zero-order valence-corrected chi connectivity index (χ0v) is 14.4. The van der Waals surface area contributed by atoms with E-state index in [1.165, 1.54) is 32.3 Å². The number of hydrogen-bond donors (Lipinski definition) is 0. The number of benzene rings is 5. The quantitative estimate of drug-likeness (QED) is 0.270. The largest absolute Gasteiger partial charge is 0.497 e. The Morgan fingerprint density at radius 2 is 1.27 bits per heavy atom. The van der Waals surface area contributed by atoms with Crippen molar-refractivity contribution in [1.29, 1.82) is 0 Å². The van der Waals surface area contributed by atoms with Crippen LogP contribution in [0.15, 0.2) is 78.9 Å². The molecule has 0 aliphatic carbocycles. The molecular formula is C25H16O. The topological polar surface area (TPSA) is 9.23 Å². The summed E-state index contributed by atoms with van der Waals surface area (Å²) in [5.41, 5.74) is 2.04. The summed E-state index contributed by atoms with van der Waals surface area (Å²) in [6, 6.07) is 27.4. The molecule has 5 aromatic rings. The van der Waals surface area contributed by atoms with Gasteiger partial charge in [0.1, 0.15) is 5.75 Å². The van der Waals surface area contributed by atoms with Gasteiger partial charge < -0.3 is 4.74 Å². The minimum atomic E-state index is 0.846. The van der Waals surface area contributed by atoms with E-state index in [-0.39, 0.29) is 0 Å². The summed E-state index contributed by atoms with van der Waals surface area (Å²) in [4.78, 5) is 0. The summed E-state index contributed by atoms with van der Waals surface area (Å²) in [6.07, 6.45) is 0. The van der Waals surface area contributed by atoms with E-state index >= 15 is 0 Å². The van der Waals surface area contributed by atoms with Crippen LogP contribution in [0.25, 0.3) is 32.3 Å². The first-order valence-corrected chi connectivity index (χ1v) is 8.66. The van der Waals surface area contributed by atoms with Gasteiger partial charge in [0.25, 0.3) is 0 Å². The molecule has 1 heteroatoms. The number of hydrogen-bond acceptors (Lipinski definition) is 1. The SMILES string of the molecule is COc1ccc(C#Cc2ccc3ccc4cccc5ccc2c3c45)cc1. The second kappa shape index (κ2) is 5.79. The molecule has 1 nitrogen and oxygen atoms in total. The number of ether oxygens (including phenoxy) is 1. The molecule has 0 spiro atoms. The molecule has 0 fully saturated rings. The molecule has 0 saturated heterocycles. The highest BCUT2D eigenvalue weighted by atomic mass is 16.5. The van der Waals surface area contributed by atoms with Gasteiger partial charge in [-0.2, -0.15) is 0 Å². The molecule has 0 atom stereocenters. The van der Waals surface area contributed by atoms with E-state index in [9.17, 15) is 0 Å². The Labute approximate surface area is 152 Å². The Morgan fingerprint density at radius 3 is 2.00 bits per heavy atom. The fraction of sp³-hybridized carbons (Fsp3) is 0.0400. The van der Waals surface area contributed by atoms with Crippen LogP contribution in [0.5, 0.6) is 5.75 Å². The van der Waals surface area contributed by atoms with Gasteiger partial charge in [-0.05, 0) is 62.6 Å². The molecule has 0 bridgehead atoms. The first kappa shape index (κ1) is 14.8. The molecule has 5 aromatic carbocycles. The minimum absolute atomic E-state index is 0.846. The van der Waals surface area contributed by atoms with Gasteiger partial charge in [0.15, 0.2) is 0 Å². The number of rotatable bonds is 1.